The van der Waals surface area contributed by atoms with Crippen molar-refractivity contribution in [2.45, 2.75) is 13.3 Å². The molecule has 3 aromatic rings. The molecule has 0 aliphatic carbocycles. The van der Waals surface area contributed by atoms with E-state index in [4.69, 9.17) is 4.42 Å². The van der Waals surface area contributed by atoms with E-state index in [0.29, 0.717) is 17.7 Å². The molecule has 2 nitrogen and oxygen atoms in total. The van der Waals surface area contributed by atoms with Crippen molar-refractivity contribution >= 4 is 16.6 Å². The molecule has 94 valence electrons. The van der Waals surface area contributed by atoms with Crippen LogP contribution in [0.1, 0.15) is 21.7 Å². The third-order valence-corrected chi connectivity index (χ3v) is 3.34. The van der Waals surface area contributed by atoms with Gasteiger partial charge in [-0.15, -0.1) is 0 Å². The summed E-state index contributed by atoms with van der Waals surface area (Å²) in [4.78, 5) is 12.2. The number of rotatable bonds is 3. The molecule has 2 aromatic carbocycles. The largest absolute Gasteiger partial charge is 0.469 e. The molecule has 19 heavy (non-hydrogen) atoms. The Hall–Kier alpha value is -2.35. The van der Waals surface area contributed by atoms with Crippen LogP contribution < -0.4 is 0 Å². The first-order valence-corrected chi connectivity index (χ1v) is 6.29. The van der Waals surface area contributed by atoms with E-state index >= 15 is 0 Å². The summed E-state index contributed by atoms with van der Waals surface area (Å²) in [5.41, 5.74) is 1.71. The quantitative estimate of drug-likeness (QED) is 0.653. The van der Waals surface area contributed by atoms with Crippen LogP contribution in [0, 0.1) is 6.92 Å². The molecule has 0 atom stereocenters. The normalized spacial score (nSPS) is 10.8. The van der Waals surface area contributed by atoms with Crippen LogP contribution in [-0.2, 0) is 6.42 Å². The summed E-state index contributed by atoms with van der Waals surface area (Å²) in [6.45, 7) is 1.81. The molecular formula is C17H14O2. The van der Waals surface area contributed by atoms with E-state index in [2.05, 4.69) is 24.3 Å². The number of benzene rings is 2. The second-order valence-electron chi connectivity index (χ2n) is 4.67. The minimum absolute atomic E-state index is 0.0986. The Balaban J connectivity index is 1.89. The minimum Gasteiger partial charge on any atom is -0.469 e. The maximum atomic E-state index is 12.2. The summed E-state index contributed by atoms with van der Waals surface area (Å²) in [5.74, 6) is 0.785. The Bertz CT molecular complexity index is 738. The lowest BCUT2D eigenvalue weighted by atomic mass is 10.0. The summed E-state index contributed by atoms with van der Waals surface area (Å²) in [7, 11) is 0. The number of ketones is 1. The summed E-state index contributed by atoms with van der Waals surface area (Å²) in [5, 5.41) is 2.36. The molecule has 3 rings (SSSR count). The zero-order valence-corrected chi connectivity index (χ0v) is 10.7. The molecule has 0 N–H and O–H groups in total. The highest BCUT2D eigenvalue weighted by Crippen LogP contribution is 2.18. The van der Waals surface area contributed by atoms with Gasteiger partial charge in [0.2, 0.25) is 0 Å². The van der Waals surface area contributed by atoms with Crippen molar-refractivity contribution in [3.8, 4) is 0 Å². The monoisotopic (exact) mass is 250 g/mol. The lowest BCUT2D eigenvalue weighted by Crippen LogP contribution is -2.03. The van der Waals surface area contributed by atoms with Gasteiger partial charge in [0.1, 0.15) is 5.76 Å². The molecule has 0 bridgehead atoms. The maximum absolute atomic E-state index is 12.2. The van der Waals surface area contributed by atoms with Crippen LogP contribution in [0.25, 0.3) is 10.8 Å². The summed E-state index contributed by atoms with van der Waals surface area (Å²) in [6, 6.07) is 16.0. The topological polar surface area (TPSA) is 30.2 Å². The van der Waals surface area contributed by atoms with Crippen LogP contribution >= 0.6 is 0 Å². The van der Waals surface area contributed by atoms with E-state index in [9.17, 15) is 4.79 Å². The Kier molecular flexibility index (Phi) is 2.92. The van der Waals surface area contributed by atoms with Gasteiger partial charge in [-0.25, -0.2) is 0 Å². The average molecular weight is 250 g/mol. The molecule has 1 heterocycles. The van der Waals surface area contributed by atoms with Gasteiger partial charge in [-0.2, -0.15) is 0 Å². The van der Waals surface area contributed by atoms with Gasteiger partial charge >= 0.3 is 0 Å². The number of carbonyl (C=O) groups excluding carboxylic acids is 1. The van der Waals surface area contributed by atoms with Gasteiger partial charge in [-0.05, 0) is 29.3 Å². The molecule has 0 fully saturated rings. The predicted molar refractivity (Wildman–Crippen MR) is 75.4 cm³/mol. The third kappa shape index (κ3) is 2.29. The SMILES string of the molecule is Cc1occc1C(=O)Cc1ccc2ccccc2c1. The van der Waals surface area contributed by atoms with E-state index in [0.717, 1.165) is 10.9 Å². The fraction of sp³-hybridized carbons (Fsp3) is 0.118. The predicted octanol–water partition coefficient (Wildman–Crippen LogP) is 4.17. The second kappa shape index (κ2) is 4.73. The summed E-state index contributed by atoms with van der Waals surface area (Å²) >= 11 is 0. The van der Waals surface area contributed by atoms with Crippen LogP contribution in [0.4, 0.5) is 0 Å². The summed E-state index contributed by atoms with van der Waals surface area (Å²) < 4.78 is 5.17. The Labute approximate surface area is 111 Å². The number of fused-ring (bicyclic) bond motifs is 1. The van der Waals surface area contributed by atoms with Gasteiger partial charge in [0.25, 0.3) is 0 Å². The van der Waals surface area contributed by atoms with Gasteiger partial charge in [-0.1, -0.05) is 42.5 Å². The zero-order chi connectivity index (χ0) is 13.2. The van der Waals surface area contributed by atoms with Crippen molar-refractivity contribution in [3.63, 3.8) is 0 Å². The highest BCUT2D eigenvalue weighted by Gasteiger charge is 2.12. The van der Waals surface area contributed by atoms with Crippen molar-refractivity contribution in [1.82, 2.24) is 0 Å². The van der Waals surface area contributed by atoms with Crippen LogP contribution in [0.3, 0.4) is 0 Å². The lowest BCUT2D eigenvalue weighted by molar-refractivity contribution is 0.0991. The zero-order valence-electron chi connectivity index (χ0n) is 10.7. The van der Waals surface area contributed by atoms with Gasteiger partial charge in [0, 0.05) is 6.42 Å². The van der Waals surface area contributed by atoms with E-state index < -0.39 is 0 Å². The van der Waals surface area contributed by atoms with Crippen molar-refractivity contribution in [3.05, 3.63) is 71.7 Å². The number of aryl methyl sites for hydroxylation is 1. The molecular weight excluding hydrogens is 236 g/mol. The van der Waals surface area contributed by atoms with E-state index in [-0.39, 0.29) is 5.78 Å². The molecule has 1 aromatic heterocycles. The molecule has 0 unspecified atom stereocenters. The van der Waals surface area contributed by atoms with Crippen molar-refractivity contribution in [2.75, 3.05) is 0 Å². The Morgan fingerprint density at radius 1 is 1.05 bits per heavy atom. The Morgan fingerprint density at radius 3 is 2.58 bits per heavy atom. The fourth-order valence-electron chi connectivity index (χ4n) is 2.30. The molecule has 0 saturated heterocycles. The smallest absolute Gasteiger partial charge is 0.170 e. The van der Waals surface area contributed by atoms with Gasteiger partial charge < -0.3 is 4.42 Å². The van der Waals surface area contributed by atoms with Crippen molar-refractivity contribution in [2.24, 2.45) is 0 Å². The van der Waals surface area contributed by atoms with Gasteiger partial charge in [-0.3, -0.25) is 4.79 Å². The van der Waals surface area contributed by atoms with Crippen LogP contribution in [0.2, 0.25) is 0 Å². The van der Waals surface area contributed by atoms with Crippen LogP contribution in [0.5, 0.6) is 0 Å². The summed E-state index contributed by atoms with van der Waals surface area (Å²) in [6.07, 6.45) is 1.97. The van der Waals surface area contributed by atoms with Crippen molar-refractivity contribution < 1.29 is 9.21 Å². The minimum atomic E-state index is 0.0986. The molecule has 0 radical (unpaired) electrons. The molecule has 0 amide bonds. The fourth-order valence-corrected chi connectivity index (χ4v) is 2.30. The Morgan fingerprint density at radius 2 is 1.84 bits per heavy atom. The molecule has 0 aliphatic rings. The van der Waals surface area contributed by atoms with Gasteiger partial charge in [0.15, 0.2) is 5.78 Å². The number of carbonyl (C=O) groups is 1. The lowest BCUT2D eigenvalue weighted by Gasteiger charge is -2.03. The number of hydrogen-bond acceptors (Lipinski definition) is 2. The molecule has 2 heteroatoms. The maximum Gasteiger partial charge on any atom is 0.170 e. The number of furan rings is 1. The second-order valence-corrected chi connectivity index (χ2v) is 4.67. The highest BCUT2D eigenvalue weighted by atomic mass is 16.3. The standard InChI is InChI=1S/C17H14O2/c1-12-16(8-9-19-12)17(18)11-13-6-7-14-4-2-3-5-15(14)10-13/h2-10H,11H2,1H3. The molecule has 0 aliphatic heterocycles. The average Bonchev–Trinajstić information content (AvgIpc) is 2.85. The van der Waals surface area contributed by atoms with Crippen molar-refractivity contribution in [1.29, 1.82) is 0 Å². The van der Waals surface area contributed by atoms with Crippen LogP contribution in [0.15, 0.2) is 59.2 Å². The molecule has 0 saturated carbocycles. The number of Topliss-reactive ketones (excluding diaryl/α,β-unsaturated/α-hetero) is 1. The van der Waals surface area contributed by atoms with Gasteiger partial charge in [0.05, 0.1) is 11.8 Å². The van der Waals surface area contributed by atoms with E-state index in [1.54, 1.807) is 12.3 Å². The first-order chi connectivity index (χ1) is 9.24. The highest BCUT2D eigenvalue weighted by molar-refractivity contribution is 5.98. The first kappa shape index (κ1) is 11.7. The third-order valence-electron chi connectivity index (χ3n) is 3.34. The first-order valence-electron chi connectivity index (χ1n) is 6.29. The van der Waals surface area contributed by atoms with E-state index in [1.807, 2.05) is 25.1 Å². The van der Waals surface area contributed by atoms with E-state index in [1.165, 1.54) is 5.39 Å². The number of hydrogen-bond donors (Lipinski definition) is 0. The van der Waals surface area contributed by atoms with Crippen LogP contribution in [-0.4, -0.2) is 5.78 Å². The molecule has 0 spiro atoms.